The summed E-state index contributed by atoms with van der Waals surface area (Å²) in [4.78, 5) is 1.61. The number of rotatable bonds is 2. The van der Waals surface area contributed by atoms with Crippen LogP contribution in [0.1, 0.15) is 39.7 Å². The predicted molar refractivity (Wildman–Crippen MR) is 74.5 cm³/mol. The Morgan fingerprint density at radius 2 is 1.83 bits per heavy atom. The first-order valence-corrected chi connectivity index (χ1v) is 7.08. The Morgan fingerprint density at radius 3 is 2.39 bits per heavy atom. The van der Waals surface area contributed by atoms with Crippen LogP contribution in [-0.2, 0) is 5.60 Å². The number of quaternary nitrogens is 1. The molecule has 18 heavy (non-hydrogen) atoms. The largest absolute Gasteiger partial charge is 0.384 e. The van der Waals surface area contributed by atoms with Gasteiger partial charge in [-0.2, -0.15) is 0 Å². The van der Waals surface area contributed by atoms with Crippen LogP contribution in [0.4, 0.5) is 0 Å². The first kappa shape index (κ1) is 13.6. The summed E-state index contributed by atoms with van der Waals surface area (Å²) in [6.07, 6.45) is 0.853. The van der Waals surface area contributed by atoms with E-state index in [2.05, 4.69) is 39.8 Å². The fourth-order valence-corrected chi connectivity index (χ4v) is 3.46. The lowest BCUT2D eigenvalue weighted by Crippen LogP contribution is -3.20. The van der Waals surface area contributed by atoms with Crippen LogP contribution in [0.2, 0.25) is 0 Å². The van der Waals surface area contributed by atoms with E-state index in [9.17, 15) is 5.11 Å². The van der Waals surface area contributed by atoms with E-state index in [-0.39, 0.29) is 0 Å². The zero-order chi connectivity index (χ0) is 13.3. The van der Waals surface area contributed by atoms with Crippen molar-refractivity contribution in [1.29, 1.82) is 0 Å². The Labute approximate surface area is 111 Å². The zero-order valence-corrected chi connectivity index (χ0v) is 12.0. The molecule has 1 aliphatic rings. The summed E-state index contributed by atoms with van der Waals surface area (Å²) in [7, 11) is 0. The second kappa shape index (κ2) is 5.02. The lowest BCUT2D eigenvalue weighted by molar-refractivity contribution is -0.955. The molecule has 0 saturated carbocycles. The molecule has 2 N–H and O–H groups in total. The van der Waals surface area contributed by atoms with Crippen molar-refractivity contribution in [2.45, 2.75) is 51.8 Å². The van der Waals surface area contributed by atoms with Crippen LogP contribution < -0.4 is 4.90 Å². The van der Waals surface area contributed by atoms with E-state index in [1.807, 2.05) is 18.2 Å². The summed E-state index contributed by atoms with van der Waals surface area (Å²) in [6.45, 7) is 10.0. The SMILES string of the molecule is CC(C)[NH+]1C[C@@H](C)[C@](O)(c2ccccc2)C[C@@H]1C. The van der Waals surface area contributed by atoms with E-state index in [0.717, 1.165) is 18.5 Å². The minimum Gasteiger partial charge on any atom is -0.384 e. The van der Waals surface area contributed by atoms with Crippen molar-refractivity contribution >= 4 is 0 Å². The summed E-state index contributed by atoms with van der Waals surface area (Å²) in [6, 6.07) is 11.3. The molecule has 4 atom stereocenters. The van der Waals surface area contributed by atoms with E-state index in [1.54, 1.807) is 4.90 Å². The van der Waals surface area contributed by atoms with E-state index >= 15 is 0 Å². The maximum Gasteiger partial charge on any atom is 0.103 e. The summed E-state index contributed by atoms with van der Waals surface area (Å²) in [5.41, 5.74) is 0.422. The zero-order valence-electron chi connectivity index (χ0n) is 12.0. The highest BCUT2D eigenvalue weighted by molar-refractivity contribution is 5.23. The number of hydrogen-bond donors (Lipinski definition) is 2. The molecular weight excluding hydrogens is 222 g/mol. The van der Waals surface area contributed by atoms with E-state index < -0.39 is 5.60 Å². The highest BCUT2D eigenvalue weighted by Gasteiger charge is 2.46. The van der Waals surface area contributed by atoms with Gasteiger partial charge in [-0.3, -0.25) is 0 Å². The average molecular weight is 248 g/mol. The van der Waals surface area contributed by atoms with Crippen molar-refractivity contribution < 1.29 is 10.0 Å². The normalized spacial score (nSPS) is 36.9. The Balaban J connectivity index is 2.26. The standard InChI is InChI=1S/C16H25NO/c1-12(2)17-11-13(3)16(18,10-14(17)4)15-8-6-5-7-9-15/h5-9,12-14,18H,10-11H2,1-4H3/p+1/t13-,14+,16+/m1/s1. The first-order valence-electron chi connectivity index (χ1n) is 7.08. The quantitative estimate of drug-likeness (QED) is 0.816. The predicted octanol–water partition coefficient (Wildman–Crippen LogP) is 1.60. The molecular formula is C16H26NO+. The summed E-state index contributed by atoms with van der Waals surface area (Å²) in [5, 5.41) is 11.1. The third-order valence-electron chi connectivity index (χ3n) is 4.62. The maximum absolute atomic E-state index is 11.1. The molecule has 2 rings (SSSR count). The second-order valence-corrected chi connectivity index (χ2v) is 6.23. The third-order valence-corrected chi connectivity index (χ3v) is 4.62. The van der Waals surface area contributed by atoms with E-state index in [4.69, 9.17) is 0 Å². The van der Waals surface area contributed by atoms with E-state index in [0.29, 0.717) is 18.0 Å². The minimum atomic E-state index is -0.654. The molecule has 1 heterocycles. The molecule has 0 aromatic heterocycles. The van der Waals surface area contributed by atoms with Gasteiger partial charge in [0.25, 0.3) is 0 Å². The average Bonchev–Trinajstić information content (AvgIpc) is 2.34. The number of benzene rings is 1. The monoisotopic (exact) mass is 248 g/mol. The molecule has 0 bridgehead atoms. The second-order valence-electron chi connectivity index (χ2n) is 6.23. The summed E-state index contributed by atoms with van der Waals surface area (Å²) in [5.74, 6) is 0.300. The molecule has 1 saturated heterocycles. The van der Waals surface area contributed by atoms with Crippen molar-refractivity contribution in [3.8, 4) is 0 Å². The highest BCUT2D eigenvalue weighted by Crippen LogP contribution is 2.35. The molecule has 100 valence electrons. The van der Waals surface area contributed by atoms with Gasteiger partial charge in [0.15, 0.2) is 0 Å². The fourth-order valence-electron chi connectivity index (χ4n) is 3.46. The molecule has 0 aliphatic carbocycles. The number of likely N-dealkylation sites (tertiary alicyclic amines) is 1. The molecule has 1 unspecified atom stereocenters. The Kier molecular flexibility index (Phi) is 3.79. The van der Waals surface area contributed by atoms with Gasteiger partial charge in [0.1, 0.15) is 5.60 Å². The molecule has 2 heteroatoms. The molecule has 0 amide bonds. The highest BCUT2D eigenvalue weighted by atomic mass is 16.3. The van der Waals surface area contributed by atoms with Crippen LogP contribution in [0, 0.1) is 5.92 Å². The van der Waals surface area contributed by atoms with Gasteiger partial charge in [-0.1, -0.05) is 37.3 Å². The molecule has 1 aromatic carbocycles. The van der Waals surface area contributed by atoms with Crippen molar-refractivity contribution in [2.24, 2.45) is 5.92 Å². The molecule has 1 aromatic rings. The first-order chi connectivity index (χ1) is 8.45. The van der Waals surface area contributed by atoms with Gasteiger partial charge in [0, 0.05) is 12.3 Å². The smallest absolute Gasteiger partial charge is 0.103 e. The molecule has 0 spiro atoms. The van der Waals surface area contributed by atoms with Gasteiger partial charge in [-0.05, 0) is 26.3 Å². The van der Waals surface area contributed by atoms with E-state index in [1.165, 1.54) is 0 Å². The van der Waals surface area contributed by atoms with Gasteiger partial charge in [0.05, 0.1) is 18.6 Å². The van der Waals surface area contributed by atoms with Gasteiger partial charge >= 0.3 is 0 Å². The lowest BCUT2D eigenvalue weighted by atomic mass is 9.74. The maximum atomic E-state index is 11.1. The summed E-state index contributed by atoms with van der Waals surface area (Å²) < 4.78 is 0. The lowest BCUT2D eigenvalue weighted by Gasteiger charge is -2.46. The number of piperidine rings is 1. The van der Waals surface area contributed by atoms with Crippen molar-refractivity contribution in [1.82, 2.24) is 0 Å². The Morgan fingerprint density at radius 1 is 1.22 bits per heavy atom. The molecule has 2 nitrogen and oxygen atoms in total. The Hall–Kier alpha value is -0.860. The van der Waals surface area contributed by atoms with Crippen molar-refractivity contribution in [3.05, 3.63) is 35.9 Å². The minimum absolute atomic E-state index is 0.300. The van der Waals surface area contributed by atoms with Crippen LogP contribution >= 0.6 is 0 Å². The van der Waals surface area contributed by atoms with Crippen LogP contribution in [0.15, 0.2) is 30.3 Å². The van der Waals surface area contributed by atoms with Crippen molar-refractivity contribution in [2.75, 3.05) is 6.54 Å². The van der Waals surface area contributed by atoms with Gasteiger partial charge in [-0.15, -0.1) is 0 Å². The van der Waals surface area contributed by atoms with Crippen LogP contribution in [-0.4, -0.2) is 23.7 Å². The number of aliphatic hydroxyl groups is 1. The van der Waals surface area contributed by atoms with Gasteiger partial charge < -0.3 is 10.0 Å². The fraction of sp³-hybridized carbons (Fsp3) is 0.625. The molecule has 0 radical (unpaired) electrons. The number of hydrogen-bond acceptors (Lipinski definition) is 1. The van der Waals surface area contributed by atoms with Crippen LogP contribution in [0.25, 0.3) is 0 Å². The topological polar surface area (TPSA) is 24.7 Å². The molecule has 1 aliphatic heterocycles. The van der Waals surface area contributed by atoms with Crippen LogP contribution in [0.5, 0.6) is 0 Å². The summed E-state index contributed by atoms with van der Waals surface area (Å²) >= 11 is 0. The number of nitrogens with one attached hydrogen (secondary N) is 1. The van der Waals surface area contributed by atoms with Crippen LogP contribution in [0.3, 0.4) is 0 Å². The molecule has 1 fully saturated rings. The third kappa shape index (κ3) is 2.32. The van der Waals surface area contributed by atoms with Gasteiger partial charge in [0.2, 0.25) is 0 Å². The van der Waals surface area contributed by atoms with Crippen molar-refractivity contribution in [3.63, 3.8) is 0 Å². The van der Waals surface area contributed by atoms with Gasteiger partial charge in [-0.25, -0.2) is 0 Å². The Bertz CT molecular complexity index is 389.